The summed E-state index contributed by atoms with van der Waals surface area (Å²) >= 11 is 11.6. The van der Waals surface area contributed by atoms with Gasteiger partial charge in [-0.15, -0.1) is 0 Å². The Hall–Kier alpha value is -2.44. The second-order valence-corrected chi connectivity index (χ2v) is 6.75. The van der Waals surface area contributed by atoms with Gasteiger partial charge in [0.1, 0.15) is 11.5 Å². The average molecular weight is 411 g/mol. The Kier molecular flexibility index (Phi) is 7.76. The van der Waals surface area contributed by atoms with Crippen LogP contribution in [0.1, 0.15) is 13.8 Å². The average Bonchev–Trinajstić information content (AvgIpc) is 2.64. The molecular weight excluding hydrogens is 391 g/mol. The topological polar surface area (TPSA) is 67.9 Å². The molecule has 0 aliphatic rings. The Morgan fingerprint density at radius 3 is 1.78 bits per heavy atom. The smallest absolute Gasteiger partial charge is 0.279 e. The molecule has 8 heteroatoms. The minimum absolute atomic E-state index is 0.224. The summed E-state index contributed by atoms with van der Waals surface area (Å²) in [5.41, 5.74) is 2.54. The van der Waals surface area contributed by atoms with Crippen LogP contribution in [0.4, 0.5) is 0 Å². The minimum atomic E-state index is -0.460. The van der Waals surface area contributed by atoms with Crippen molar-refractivity contribution in [2.75, 3.05) is 13.2 Å². The SMILES string of the molecule is CC(C)N(NC(=O)COc1ccc(Cl)cc1)C(=O)COc1ccc(Cl)cc1. The molecule has 1 N–H and O–H groups in total. The lowest BCUT2D eigenvalue weighted by Gasteiger charge is -2.27. The van der Waals surface area contributed by atoms with Crippen molar-refractivity contribution in [2.24, 2.45) is 0 Å². The highest BCUT2D eigenvalue weighted by Crippen LogP contribution is 2.16. The Balaban J connectivity index is 1.85. The fourth-order valence-corrected chi connectivity index (χ4v) is 2.32. The number of hydrogen-bond donors (Lipinski definition) is 1. The lowest BCUT2D eigenvalue weighted by Crippen LogP contribution is -2.52. The van der Waals surface area contributed by atoms with E-state index in [4.69, 9.17) is 32.7 Å². The van der Waals surface area contributed by atoms with E-state index in [1.165, 1.54) is 5.01 Å². The van der Waals surface area contributed by atoms with Crippen molar-refractivity contribution in [1.29, 1.82) is 0 Å². The number of amides is 2. The van der Waals surface area contributed by atoms with E-state index >= 15 is 0 Å². The molecule has 0 aliphatic heterocycles. The van der Waals surface area contributed by atoms with Crippen LogP contribution in [0.15, 0.2) is 48.5 Å². The number of nitrogens with one attached hydrogen (secondary N) is 1. The van der Waals surface area contributed by atoms with E-state index < -0.39 is 5.91 Å². The summed E-state index contributed by atoms with van der Waals surface area (Å²) < 4.78 is 10.8. The standard InChI is InChI=1S/C19H20Cl2N2O4/c1-13(2)23(19(25)12-27-17-9-5-15(21)6-10-17)22-18(24)11-26-16-7-3-14(20)4-8-16/h3-10,13H,11-12H2,1-2H3,(H,22,24). The highest BCUT2D eigenvalue weighted by Gasteiger charge is 2.20. The summed E-state index contributed by atoms with van der Waals surface area (Å²) in [7, 11) is 0. The van der Waals surface area contributed by atoms with E-state index in [-0.39, 0.29) is 25.2 Å². The van der Waals surface area contributed by atoms with Crippen molar-refractivity contribution in [2.45, 2.75) is 19.9 Å². The second kappa shape index (κ2) is 10.0. The molecule has 2 aromatic carbocycles. The van der Waals surface area contributed by atoms with Crippen LogP contribution in [-0.4, -0.2) is 36.1 Å². The first-order valence-corrected chi connectivity index (χ1v) is 8.99. The molecule has 0 radical (unpaired) electrons. The lowest BCUT2D eigenvalue weighted by atomic mass is 10.3. The first-order chi connectivity index (χ1) is 12.8. The van der Waals surface area contributed by atoms with Gasteiger partial charge < -0.3 is 9.47 Å². The molecule has 2 amide bonds. The number of rotatable bonds is 7. The summed E-state index contributed by atoms with van der Waals surface area (Å²) in [5, 5.41) is 2.36. The van der Waals surface area contributed by atoms with Crippen molar-refractivity contribution in [1.82, 2.24) is 10.4 Å². The van der Waals surface area contributed by atoms with Crippen LogP contribution in [0.25, 0.3) is 0 Å². The molecule has 0 aromatic heterocycles. The van der Waals surface area contributed by atoms with Gasteiger partial charge in [-0.3, -0.25) is 15.0 Å². The molecule has 27 heavy (non-hydrogen) atoms. The minimum Gasteiger partial charge on any atom is -0.484 e. The van der Waals surface area contributed by atoms with Crippen LogP contribution in [0.3, 0.4) is 0 Å². The lowest BCUT2D eigenvalue weighted by molar-refractivity contribution is -0.146. The van der Waals surface area contributed by atoms with Gasteiger partial charge >= 0.3 is 0 Å². The van der Waals surface area contributed by atoms with E-state index in [1.807, 2.05) is 0 Å². The molecule has 6 nitrogen and oxygen atoms in total. The number of hydrogen-bond acceptors (Lipinski definition) is 4. The fraction of sp³-hybridized carbons (Fsp3) is 0.263. The monoisotopic (exact) mass is 410 g/mol. The molecule has 0 unspecified atom stereocenters. The third-order valence-corrected chi connectivity index (χ3v) is 3.89. The summed E-state index contributed by atoms with van der Waals surface area (Å²) in [5.74, 6) is 0.162. The zero-order valence-electron chi connectivity index (χ0n) is 14.9. The van der Waals surface area contributed by atoms with E-state index in [0.717, 1.165) is 0 Å². The molecular formula is C19H20Cl2N2O4. The molecule has 0 atom stereocenters. The van der Waals surface area contributed by atoms with Crippen LogP contribution in [0.5, 0.6) is 11.5 Å². The zero-order chi connectivity index (χ0) is 19.8. The first kappa shape index (κ1) is 20.9. The third kappa shape index (κ3) is 7.00. The predicted octanol–water partition coefficient (Wildman–Crippen LogP) is 3.72. The Bertz CT molecular complexity index is 764. The van der Waals surface area contributed by atoms with Gasteiger partial charge in [-0.2, -0.15) is 0 Å². The largest absolute Gasteiger partial charge is 0.484 e. The van der Waals surface area contributed by atoms with Gasteiger partial charge in [0.05, 0.1) is 0 Å². The predicted molar refractivity (Wildman–Crippen MR) is 104 cm³/mol. The molecule has 0 fully saturated rings. The fourth-order valence-electron chi connectivity index (χ4n) is 2.07. The normalized spacial score (nSPS) is 10.4. The number of benzene rings is 2. The third-order valence-electron chi connectivity index (χ3n) is 3.39. The molecule has 144 valence electrons. The molecule has 0 bridgehead atoms. The highest BCUT2D eigenvalue weighted by atomic mass is 35.5. The summed E-state index contributed by atoms with van der Waals surface area (Å²) in [6, 6.07) is 13.0. The Morgan fingerprint density at radius 1 is 0.889 bits per heavy atom. The number of halogens is 2. The maximum absolute atomic E-state index is 12.4. The van der Waals surface area contributed by atoms with Gasteiger partial charge in [0.15, 0.2) is 13.2 Å². The number of hydrazine groups is 1. The van der Waals surface area contributed by atoms with Crippen LogP contribution < -0.4 is 14.9 Å². The Labute approximate surface area is 167 Å². The number of carbonyl (C=O) groups excluding carboxylic acids is 2. The second-order valence-electron chi connectivity index (χ2n) is 5.88. The zero-order valence-corrected chi connectivity index (χ0v) is 16.5. The van der Waals surface area contributed by atoms with Gasteiger partial charge in [0.25, 0.3) is 11.8 Å². The van der Waals surface area contributed by atoms with E-state index in [1.54, 1.807) is 62.4 Å². The van der Waals surface area contributed by atoms with E-state index in [0.29, 0.717) is 21.5 Å². The number of ether oxygens (including phenoxy) is 2. The molecule has 0 spiro atoms. The summed E-state index contributed by atoms with van der Waals surface area (Å²) in [4.78, 5) is 24.5. The van der Waals surface area contributed by atoms with Crippen molar-refractivity contribution in [3.63, 3.8) is 0 Å². The van der Waals surface area contributed by atoms with E-state index in [2.05, 4.69) is 5.43 Å². The van der Waals surface area contributed by atoms with Gasteiger partial charge in [0.2, 0.25) is 0 Å². The summed E-state index contributed by atoms with van der Waals surface area (Å²) in [6.07, 6.45) is 0. The van der Waals surface area contributed by atoms with Gasteiger partial charge in [0, 0.05) is 16.1 Å². The molecule has 2 aromatic rings. The highest BCUT2D eigenvalue weighted by molar-refractivity contribution is 6.30. The van der Waals surface area contributed by atoms with Crippen LogP contribution in [0.2, 0.25) is 10.0 Å². The number of nitrogens with zero attached hydrogens (tertiary/aromatic N) is 1. The molecule has 0 saturated carbocycles. The van der Waals surface area contributed by atoms with Crippen LogP contribution in [-0.2, 0) is 9.59 Å². The van der Waals surface area contributed by atoms with Crippen molar-refractivity contribution >= 4 is 35.0 Å². The number of carbonyl (C=O) groups is 2. The Morgan fingerprint density at radius 2 is 1.33 bits per heavy atom. The van der Waals surface area contributed by atoms with Crippen LogP contribution in [0, 0.1) is 0 Å². The first-order valence-electron chi connectivity index (χ1n) is 8.23. The molecule has 0 aliphatic carbocycles. The quantitative estimate of drug-likeness (QED) is 0.706. The maximum Gasteiger partial charge on any atom is 0.279 e. The van der Waals surface area contributed by atoms with Crippen molar-refractivity contribution in [3.05, 3.63) is 58.6 Å². The van der Waals surface area contributed by atoms with Crippen LogP contribution >= 0.6 is 23.2 Å². The maximum atomic E-state index is 12.4. The summed E-state index contributed by atoms with van der Waals surface area (Å²) in [6.45, 7) is 3.09. The van der Waals surface area contributed by atoms with Gasteiger partial charge in [-0.25, -0.2) is 5.01 Å². The van der Waals surface area contributed by atoms with Gasteiger partial charge in [-0.1, -0.05) is 23.2 Å². The molecule has 2 rings (SSSR count). The van der Waals surface area contributed by atoms with Crippen molar-refractivity contribution in [3.8, 4) is 11.5 Å². The molecule has 0 heterocycles. The van der Waals surface area contributed by atoms with Crippen molar-refractivity contribution < 1.29 is 19.1 Å². The van der Waals surface area contributed by atoms with E-state index in [9.17, 15) is 9.59 Å². The van der Waals surface area contributed by atoms with Gasteiger partial charge in [-0.05, 0) is 62.4 Å². The molecule has 0 saturated heterocycles.